The van der Waals surface area contributed by atoms with E-state index in [-0.39, 0.29) is 29.7 Å². The Morgan fingerprint density at radius 1 is 1.57 bits per heavy atom. The molecule has 0 unspecified atom stereocenters. The molecule has 0 spiro atoms. The summed E-state index contributed by atoms with van der Waals surface area (Å²) in [5.74, 6) is 1.06. The average Bonchev–Trinajstić information content (AvgIpc) is 3.26. The van der Waals surface area contributed by atoms with Gasteiger partial charge in [0.15, 0.2) is 0 Å². The summed E-state index contributed by atoms with van der Waals surface area (Å²) in [5.41, 5.74) is 0.806. The Bertz CT molecular complexity index is 678. The quantitative estimate of drug-likeness (QED) is 0.913. The molecule has 124 valence electrons. The number of ether oxygens (including phenoxy) is 1. The standard InChI is InChI=1S/C16H22N4O3/c1-4-10(2)12-9-13(23-19-12)16(21)18-11-5-8-22-14(11)15-17-6-7-20(15)3/h6-7,9-11,14H,4-5,8H2,1-3H3,(H,18,21)/t10-,11-,14-/m0/s1. The number of nitrogens with zero attached hydrogens (tertiary/aromatic N) is 3. The molecule has 7 nitrogen and oxygen atoms in total. The summed E-state index contributed by atoms with van der Waals surface area (Å²) >= 11 is 0. The molecular formula is C16H22N4O3. The molecule has 3 rings (SSSR count). The first-order chi connectivity index (χ1) is 11.1. The lowest BCUT2D eigenvalue weighted by molar-refractivity contribution is 0.0757. The highest BCUT2D eigenvalue weighted by Crippen LogP contribution is 2.28. The van der Waals surface area contributed by atoms with Crippen molar-refractivity contribution in [2.75, 3.05) is 6.61 Å². The van der Waals surface area contributed by atoms with Crippen LogP contribution in [0.4, 0.5) is 0 Å². The van der Waals surface area contributed by atoms with Crippen LogP contribution in [0.25, 0.3) is 0 Å². The first-order valence-corrected chi connectivity index (χ1v) is 7.96. The number of aryl methyl sites for hydroxylation is 1. The van der Waals surface area contributed by atoms with E-state index in [4.69, 9.17) is 9.26 Å². The molecule has 1 N–H and O–H groups in total. The maximum absolute atomic E-state index is 12.4. The van der Waals surface area contributed by atoms with Gasteiger partial charge in [-0.15, -0.1) is 0 Å². The SMILES string of the molecule is CC[C@H](C)c1cc(C(=O)N[C@H]2CCO[C@@H]2c2nccn2C)on1. The van der Waals surface area contributed by atoms with Crippen LogP contribution in [0.3, 0.4) is 0 Å². The second-order valence-corrected chi connectivity index (χ2v) is 5.98. The first-order valence-electron chi connectivity index (χ1n) is 7.96. The number of amides is 1. The van der Waals surface area contributed by atoms with Crippen molar-refractivity contribution >= 4 is 5.91 Å². The Labute approximate surface area is 135 Å². The summed E-state index contributed by atoms with van der Waals surface area (Å²) in [6.45, 7) is 4.73. The van der Waals surface area contributed by atoms with Crippen molar-refractivity contribution in [1.29, 1.82) is 0 Å². The molecule has 0 aromatic carbocycles. The van der Waals surface area contributed by atoms with Gasteiger partial charge in [0.25, 0.3) is 5.91 Å². The van der Waals surface area contributed by atoms with E-state index in [1.54, 1.807) is 12.3 Å². The second kappa shape index (κ2) is 6.54. The highest BCUT2D eigenvalue weighted by atomic mass is 16.5. The molecule has 7 heteroatoms. The van der Waals surface area contributed by atoms with Gasteiger partial charge in [-0.1, -0.05) is 19.0 Å². The number of hydrogen-bond donors (Lipinski definition) is 1. The lowest BCUT2D eigenvalue weighted by atomic mass is 10.1. The third-order valence-corrected chi connectivity index (χ3v) is 4.39. The number of carbonyl (C=O) groups is 1. The molecule has 1 amide bonds. The zero-order valence-corrected chi connectivity index (χ0v) is 13.7. The summed E-state index contributed by atoms with van der Waals surface area (Å²) in [6, 6.07) is 1.59. The van der Waals surface area contributed by atoms with Crippen molar-refractivity contribution in [3.05, 3.63) is 35.7 Å². The van der Waals surface area contributed by atoms with Gasteiger partial charge >= 0.3 is 0 Å². The smallest absolute Gasteiger partial charge is 0.290 e. The van der Waals surface area contributed by atoms with Crippen LogP contribution < -0.4 is 5.32 Å². The van der Waals surface area contributed by atoms with E-state index in [9.17, 15) is 4.79 Å². The van der Waals surface area contributed by atoms with Crippen molar-refractivity contribution in [2.24, 2.45) is 7.05 Å². The highest BCUT2D eigenvalue weighted by Gasteiger charge is 2.34. The molecule has 2 aromatic heterocycles. The number of aromatic nitrogens is 3. The number of nitrogens with one attached hydrogen (secondary N) is 1. The summed E-state index contributed by atoms with van der Waals surface area (Å²) in [7, 11) is 1.91. The van der Waals surface area contributed by atoms with Crippen LogP contribution in [0, 0.1) is 0 Å². The average molecular weight is 318 g/mol. The zero-order valence-electron chi connectivity index (χ0n) is 13.7. The van der Waals surface area contributed by atoms with Crippen LogP contribution in [-0.2, 0) is 11.8 Å². The molecule has 0 aliphatic carbocycles. The molecule has 0 saturated carbocycles. The van der Waals surface area contributed by atoms with E-state index in [1.807, 2.05) is 17.8 Å². The molecule has 0 radical (unpaired) electrons. The molecule has 3 heterocycles. The number of carbonyl (C=O) groups excluding carboxylic acids is 1. The molecule has 0 bridgehead atoms. The molecule has 1 aliphatic heterocycles. The van der Waals surface area contributed by atoms with Gasteiger partial charge in [0, 0.05) is 38.0 Å². The van der Waals surface area contributed by atoms with Gasteiger partial charge in [0.1, 0.15) is 11.9 Å². The van der Waals surface area contributed by atoms with Gasteiger partial charge in [-0.2, -0.15) is 0 Å². The Morgan fingerprint density at radius 2 is 2.39 bits per heavy atom. The van der Waals surface area contributed by atoms with E-state index in [2.05, 4.69) is 29.3 Å². The fourth-order valence-corrected chi connectivity index (χ4v) is 2.72. The van der Waals surface area contributed by atoms with Crippen molar-refractivity contribution in [1.82, 2.24) is 20.0 Å². The van der Waals surface area contributed by atoms with Crippen LogP contribution in [0.2, 0.25) is 0 Å². The third-order valence-electron chi connectivity index (χ3n) is 4.39. The van der Waals surface area contributed by atoms with Gasteiger partial charge in [-0.25, -0.2) is 4.98 Å². The third kappa shape index (κ3) is 3.14. The fraction of sp³-hybridized carbons (Fsp3) is 0.562. The molecule has 1 aliphatic rings. The topological polar surface area (TPSA) is 82.2 Å². The molecule has 1 fully saturated rings. The van der Waals surface area contributed by atoms with Crippen LogP contribution >= 0.6 is 0 Å². The molecule has 1 saturated heterocycles. The van der Waals surface area contributed by atoms with Crippen molar-refractivity contribution in [3.63, 3.8) is 0 Å². The second-order valence-electron chi connectivity index (χ2n) is 5.98. The minimum atomic E-state index is -0.262. The van der Waals surface area contributed by atoms with Crippen LogP contribution in [0.5, 0.6) is 0 Å². The number of hydrogen-bond acceptors (Lipinski definition) is 5. The van der Waals surface area contributed by atoms with E-state index in [1.165, 1.54) is 0 Å². The lowest BCUT2D eigenvalue weighted by Crippen LogP contribution is -2.37. The first kappa shape index (κ1) is 15.7. The summed E-state index contributed by atoms with van der Waals surface area (Å²) in [5, 5.41) is 6.96. The summed E-state index contributed by atoms with van der Waals surface area (Å²) in [4.78, 5) is 16.7. The van der Waals surface area contributed by atoms with Crippen molar-refractivity contribution in [3.8, 4) is 0 Å². The van der Waals surface area contributed by atoms with Gasteiger partial charge < -0.3 is 19.1 Å². The summed E-state index contributed by atoms with van der Waals surface area (Å²) in [6.07, 6.45) is 5.05. The van der Waals surface area contributed by atoms with Gasteiger partial charge in [0.05, 0.1) is 11.7 Å². The van der Waals surface area contributed by atoms with Gasteiger partial charge in [0.2, 0.25) is 5.76 Å². The Hall–Kier alpha value is -2.15. The van der Waals surface area contributed by atoms with Gasteiger partial charge in [-0.3, -0.25) is 4.79 Å². The monoisotopic (exact) mass is 318 g/mol. The minimum Gasteiger partial charge on any atom is -0.368 e. The zero-order chi connectivity index (χ0) is 16.4. The largest absolute Gasteiger partial charge is 0.368 e. The lowest BCUT2D eigenvalue weighted by Gasteiger charge is -2.18. The van der Waals surface area contributed by atoms with E-state index in [0.717, 1.165) is 24.4 Å². The Kier molecular flexibility index (Phi) is 4.47. The molecule has 23 heavy (non-hydrogen) atoms. The Balaban J connectivity index is 1.69. The fourth-order valence-electron chi connectivity index (χ4n) is 2.72. The number of rotatable bonds is 5. The van der Waals surface area contributed by atoms with E-state index >= 15 is 0 Å². The van der Waals surface area contributed by atoms with Crippen LogP contribution in [0.1, 0.15) is 60.8 Å². The van der Waals surface area contributed by atoms with E-state index < -0.39 is 0 Å². The summed E-state index contributed by atoms with van der Waals surface area (Å²) < 4.78 is 12.8. The minimum absolute atomic E-state index is 0.124. The van der Waals surface area contributed by atoms with Crippen molar-refractivity contribution < 1.29 is 14.1 Å². The van der Waals surface area contributed by atoms with Gasteiger partial charge in [-0.05, 0) is 12.8 Å². The Morgan fingerprint density at radius 3 is 3.09 bits per heavy atom. The van der Waals surface area contributed by atoms with Crippen molar-refractivity contribution in [2.45, 2.75) is 44.8 Å². The maximum Gasteiger partial charge on any atom is 0.290 e. The molecule has 3 atom stereocenters. The highest BCUT2D eigenvalue weighted by molar-refractivity contribution is 5.91. The molecular weight excluding hydrogens is 296 g/mol. The van der Waals surface area contributed by atoms with Crippen LogP contribution in [0.15, 0.2) is 23.0 Å². The normalized spacial score (nSPS) is 22.2. The van der Waals surface area contributed by atoms with E-state index in [0.29, 0.717) is 6.61 Å². The predicted molar refractivity (Wildman–Crippen MR) is 83.0 cm³/mol. The predicted octanol–water partition coefficient (Wildman–Crippen LogP) is 2.18. The number of imidazole rings is 1. The maximum atomic E-state index is 12.4. The van der Waals surface area contributed by atoms with Crippen LogP contribution in [-0.4, -0.2) is 33.3 Å². The molecule has 2 aromatic rings.